The third-order valence-electron chi connectivity index (χ3n) is 5.84. The average Bonchev–Trinajstić information content (AvgIpc) is 3.28. The van der Waals surface area contributed by atoms with E-state index in [1.54, 1.807) is 6.26 Å². The summed E-state index contributed by atoms with van der Waals surface area (Å²) in [5.41, 5.74) is 2.19. The minimum atomic E-state index is -1.11. The molecule has 0 aromatic heterocycles. The molecule has 150 valence electrons. The fraction of sp³-hybridized carbons (Fsp3) is 0.429. The smallest absolute Gasteiger partial charge is 0.133 e. The number of nitrogens with zero attached hydrogens (tertiary/aromatic N) is 1. The topological polar surface area (TPSA) is 52.2 Å². The summed E-state index contributed by atoms with van der Waals surface area (Å²) < 4.78 is 41.6. The highest BCUT2D eigenvalue weighted by Crippen LogP contribution is 2.51. The quantitative estimate of drug-likeness (QED) is 0.587. The lowest BCUT2D eigenvalue weighted by molar-refractivity contribution is -0.870. The van der Waals surface area contributed by atoms with E-state index in [0.29, 0.717) is 25.2 Å². The molecule has 2 aromatic carbocycles. The first-order valence-corrected chi connectivity index (χ1v) is 11.1. The maximum absolute atomic E-state index is 14.3. The molecule has 4 nitrogen and oxygen atoms in total. The number of hydrogen-bond acceptors (Lipinski definition) is 2. The van der Waals surface area contributed by atoms with Crippen LogP contribution in [0.2, 0.25) is 0 Å². The molecular formula is C21H24F2N2O2S. The summed E-state index contributed by atoms with van der Waals surface area (Å²) in [6.45, 7) is 1.50. The maximum atomic E-state index is 14.3. The lowest BCUT2D eigenvalue weighted by Gasteiger charge is -2.39. The molecule has 0 amide bonds. The highest BCUT2D eigenvalue weighted by Gasteiger charge is 2.45. The van der Waals surface area contributed by atoms with Crippen molar-refractivity contribution >= 4 is 11.0 Å². The van der Waals surface area contributed by atoms with Crippen LogP contribution in [-0.2, 0) is 11.0 Å². The molecule has 7 heteroatoms. The minimum Gasteiger partial charge on any atom is -0.633 e. The van der Waals surface area contributed by atoms with Gasteiger partial charge in [-0.1, -0.05) is 24.3 Å². The summed E-state index contributed by atoms with van der Waals surface area (Å²) in [6.07, 6.45) is 3.22. The van der Waals surface area contributed by atoms with Gasteiger partial charge in [0, 0.05) is 30.2 Å². The van der Waals surface area contributed by atoms with Crippen molar-refractivity contribution in [3.8, 4) is 11.1 Å². The van der Waals surface area contributed by atoms with Crippen molar-refractivity contribution in [1.82, 2.24) is 4.72 Å². The van der Waals surface area contributed by atoms with Gasteiger partial charge in [-0.3, -0.25) is 0 Å². The fourth-order valence-corrected chi connectivity index (χ4v) is 5.17. The molecule has 4 rings (SSSR count). The third-order valence-corrected chi connectivity index (χ3v) is 6.51. The Morgan fingerprint density at radius 1 is 1.21 bits per heavy atom. The summed E-state index contributed by atoms with van der Waals surface area (Å²) in [5.74, 6) is -0.686. The number of benzene rings is 2. The Labute approximate surface area is 166 Å². The number of hydroxylamine groups is 3. The maximum Gasteiger partial charge on any atom is 0.133 e. The summed E-state index contributed by atoms with van der Waals surface area (Å²) in [4.78, 5) is 0. The van der Waals surface area contributed by atoms with Gasteiger partial charge in [-0.25, -0.2) is 17.7 Å². The molecular weight excluding hydrogens is 382 g/mol. The van der Waals surface area contributed by atoms with E-state index in [-0.39, 0.29) is 22.5 Å². The van der Waals surface area contributed by atoms with E-state index in [1.807, 2.05) is 24.3 Å². The molecule has 2 aromatic rings. The first kappa shape index (κ1) is 19.6. The van der Waals surface area contributed by atoms with E-state index in [2.05, 4.69) is 4.72 Å². The van der Waals surface area contributed by atoms with Crippen LogP contribution in [0.4, 0.5) is 8.78 Å². The van der Waals surface area contributed by atoms with Crippen molar-refractivity contribution in [1.29, 1.82) is 0 Å². The summed E-state index contributed by atoms with van der Waals surface area (Å²) in [5, 5.41) is 13.1. The first-order chi connectivity index (χ1) is 13.3. The van der Waals surface area contributed by atoms with Gasteiger partial charge in [-0.15, -0.1) is 0 Å². The summed E-state index contributed by atoms with van der Waals surface area (Å²) >= 11 is 0. The number of quaternary nitrogens is 1. The predicted molar refractivity (Wildman–Crippen MR) is 106 cm³/mol. The SMILES string of the molecule is CS(=O)NC1CC[N+]([O-])(CC2CC2c2ccccc2-c2ccc(F)cc2F)C1. The van der Waals surface area contributed by atoms with Gasteiger partial charge in [0.05, 0.1) is 36.7 Å². The highest BCUT2D eigenvalue weighted by atomic mass is 32.2. The van der Waals surface area contributed by atoms with Gasteiger partial charge in [0.2, 0.25) is 0 Å². The van der Waals surface area contributed by atoms with Crippen molar-refractivity contribution in [2.45, 2.75) is 24.8 Å². The van der Waals surface area contributed by atoms with Gasteiger partial charge in [-0.05, 0) is 35.6 Å². The van der Waals surface area contributed by atoms with Crippen LogP contribution in [0.25, 0.3) is 11.1 Å². The number of likely N-dealkylation sites (tertiary alicyclic amines) is 1. The lowest BCUT2D eigenvalue weighted by Crippen LogP contribution is -2.44. The van der Waals surface area contributed by atoms with Crippen molar-refractivity contribution in [2.24, 2.45) is 5.92 Å². The average molecular weight is 406 g/mol. The largest absolute Gasteiger partial charge is 0.633 e. The van der Waals surface area contributed by atoms with E-state index < -0.39 is 22.6 Å². The number of hydrogen-bond donors (Lipinski definition) is 1. The zero-order valence-electron chi connectivity index (χ0n) is 15.7. The number of halogens is 2. The molecule has 1 saturated carbocycles. The molecule has 0 bridgehead atoms. The Bertz CT molecular complexity index is 910. The van der Waals surface area contributed by atoms with Crippen LogP contribution >= 0.6 is 0 Å². The molecule has 1 N–H and O–H groups in total. The Balaban J connectivity index is 1.48. The first-order valence-electron chi connectivity index (χ1n) is 9.56. The second kappa shape index (κ2) is 7.63. The van der Waals surface area contributed by atoms with Gasteiger partial charge in [-0.2, -0.15) is 0 Å². The standard InChI is InChI=1S/C21H24F2N2O2S/c1-28(27)24-16-8-9-25(26,13-16)12-14-10-20(14)18-5-3-2-4-17(18)19-7-6-15(22)11-21(19)23/h2-7,11,14,16,20,24H,8-10,12-13H2,1H3. The van der Waals surface area contributed by atoms with E-state index in [4.69, 9.17) is 0 Å². The Hall–Kier alpha value is -1.67. The predicted octanol–water partition coefficient (Wildman–Crippen LogP) is 3.71. The molecule has 2 fully saturated rings. The van der Waals surface area contributed by atoms with Gasteiger partial charge in [0.25, 0.3) is 0 Å². The molecule has 5 atom stereocenters. The molecule has 0 radical (unpaired) electrons. The van der Waals surface area contributed by atoms with Crippen LogP contribution in [0, 0.1) is 22.8 Å². The van der Waals surface area contributed by atoms with E-state index in [1.165, 1.54) is 12.1 Å². The molecule has 28 heavy (non-hydrogen) atoms. The van der Waals surface area contributed by atoms with Gasteiger partial charge in [0.15, 0.2) is 0 Å². The molecule has 1 saturated heterocycles. The van der Waals surface area contributed by atoms with Crippen LogP contribution in [0.3, 0.4) is 0 Å². The van der Waals surface area contributed by atoms with Crippen molar-refractivity contribution < 1.29 is 17.6 Å². The van der Waals surface area contributed by atoms with E-state index in [0.717, 1.165) is 30.0 Å². The van der Waals surface area contributed by atoms with Crippen LogP contribution in [-0.4, -0.2) is 40.8 Å². The van der Waals surface area contributed by atoms with Crippen molar-refractivity contribution in [3.05, 3.63) is 64.9 Å². The monoisotopic (exact) mass is 406 g/mol. The Morgan fingerprint density at radius 2 is 2.00 bits per heavy atom. The summed E-state index contributed by atoms with van der Waals surface area (Å²) in [6, 6.07) is 11.3. The van der Waals surface area contributed by atoms with Crippen LogP contribution in [0.5, 0.6) is 0 Å². The number of rotatable bonds is 6. The molecule has 1 aliphatic heterocycles. The lowest BCUT2D eigenvalue weighted by atomic mass is 9.95. The second-order valence-electron chi connectivity index (χ2n) is 8.02. The molecule has 1 aliphatic carbocycles. The van der Waals surface area contributed by atoms with Crippen LogP contribution in [0.1, 0.15) is 24.3 Å². The van der Waals surface area contributed by atoms with E-state index >= 15 is 0 Å². The van der Waals surface area contributed by atoms with Crippen LogP contribution < -0.4 is 4.72 Å². The van der Waals surface area contributed by atoms with Crippen molar-refractivity contribution in [2.75, 3.05) is 25.9 Å². The number of nitrogens with one attached hydrogen (secondary N) is 1. The third kappa shape index (κ3) is 4.17. The fourth-order valence-electron chi connectivity index (χ4n) is 4.50. The second-order valence-corrected chi connectivity index (χ2v) is 9.16. The van der Waals surface area contributed by atoms with Gasteiger partial charge < -0.3 is 9.85 Å². The zero-order chi connectivity index (χ0) is 19.9. The molecule has 2 aliphatic rings. The highest BCUT2D eigenvalue weighted by molar-refractivity contribution is 7.82. The minimum absolute atomic E-state index is 0.00105. The van der Waals surface area contributed by atoms with Gasteiger partial charge >= 0.3 is 0 Å². The zero-order valence-corrected chi connectivity index (χ0v) is 16.6. The Morgan fingerprint density at radius 3 is 2.75 bits per heavy atom. The van der Waals surface area contributed by atoms with Crippen molar-refractivity contribution in [3.63, 3.8) is 0 Å². The van der Waals surface area contributed by atoms with Crippen LogP contribution in [0.15, 0.2) is 42.5 Å². The Kier molecular flexibility index (Phi) is 5.35. The normalized spacial score (nSPS) is 30.4. The van der Waals surface area contributed by atoms with Gasteiger partial charge in [0.1, 0.15) is 11.6 Å². The molecule has 1 heterocycles. The molecule has 5 unspecified atom stereocenters. The van der Waals surface area contributed by atoms with E-state index in [9.17, 15) is 18.2 Å². The summed E-state index contributed by atoms with van der Waals surface area (Å²) in [7, 11) is -1.11. The molecule has 0 spiro atoms.